The van der Waals surface area contributed by atoms with Crippen LogP contribution in [0, 0.1) is 0 Å². The van der Waals surface area contributed by atoms with E-state index in [1.54, 1.807) is 6.92 Å². The van der Waals surface area contributed by atoms with Crippen molar-refractivity contribution in [2.24, 2.45) is 0 Å². The van der Waals surface area contributed by atoms with Crippen molar-refractivity contribution in [3.05, 3.63) is 11.8 Å². The van der Waals surface area contributed by atoms with Crippen LogP contribution in [0.15, 0.2) is 11.1 Å². The van der Waals surface area contributed by atoms with Gasteiger partial charge in [-0.15, -0.1) is 0 Å². The zero-order chi connectivity index (χ0) is 15.8. The molecule has 1 atom stereocenters. The van der Waals surface area contributed by atoms with E-state index in [-0.39, 0.29) is 28.7 Å². The second kappa shape index (κ2) is 5.56. The highest BCUT2D eigenvalue weighted by atomic mass is 32.2. The molecular weight excluding hydrogens is 326 g/mol. The van der Waals surface area contributed by atoms with Gasteiger partial charge in [-0.2, -0.15) is 5.10 Å². The fourth-order valence-electron chi connectivity index (χ4n) is 2.27. The van der Waals surface area contributed by atoms with E-state index in [9.17, 15) is 22.0 Å². The van der Waals surface area contributed by atoms with Crippen LogP contribution in [0.1, 0.15) is 25.5 Å². The molecule has 1 unspecified atom stereocenters. The number of hydrogen-bond acceptors (Lipinski definition) is 5. The quantitative estimate of drug-likeness (QED) is 0.818. The molecule has 1 aromatic heterocycles. The Bertz CT molecular complexity index is 659. The molecule has 0 aromatic carbocycles. The number of nitrogens with zero attached hydrogens (tertiary/aromatic N) is 2. The molecule has 21 heavy (non-hydrogen) atoms. The molecule has 6 nitrogen and oxygen atoms in total. The highest BCUT2D eigenvalue weighted by Crippen LogP contribution is 2.36. The minimum Gasteiger partial charge on any atom is -0.481 e. The lowest BCUT2D eigenvalue weighted by molar-refractivity contribution is -0.133. The average molecular weight is 340 g/mol. The summed E-state index contributed by atoms with van der Waals surface area (Å²) in [5, 5.41) is 12.7. The van der Waals surface area contributed by atoms with E-state index in [1.165, 1.54) is 4.68 Å². The van der Waals surface area contributed by atoms with Crippen molar-refractivity contribution in [2.45, 2.75) is 30.3 Å². The van der Waals surface area contributed by atoms with Gasteiger partial charge in [0.05, 0.1) is 27.8 Å². The van der Waals surface area contributed by atoms with E-state index in [0.717, 1.165) is 17.8 Å². The maximum Gasteiger partial charge on any atom is 0.313 e. The van der Waals surface area contributed by atoms with Gasteiger partial charge in [-0.1, -0.05) is 11.8 Å². The van der Waals surface area contributed by atoms with E-state index in [0.29, 0.717) is 0 Å². The van der Waals surface area contributed by atoms with E-state index < -0.39 is 33.5 Å². The summed E-state index contributed by atoms with van der Waals surface area (Å²) in [4.78, 5) is 10.6. The summed E-state index contributed by atoms with van der Waals surface area (Å²) in [5.74, 6) is -1.62. The average Bonchev–Trinajstić information content (AvgIpc) is 2.89. The van der Waals surface area contributed by atoms with Gasteiger partial charge in [-0.05, 0) is 19.4 Å². The van der Waals surface area contributed by atoms with Gasteiger partial charge < -0.3 is 5.11 Å². The van der Waals surface area contributed by atoms with Crippen LogP contribution in [0.25, 0.3) is 0 Å². The molecule has 2 heterocycles. The van der Waals surface area contributed by atoms with Crippen LogP contribution in [0.2, 0.25) is 0 Å². The predicted octanol–water partition coefficient (Wildman–Crippen LogP) is 1.53. The Hall–Kier alpha value is -1.16. The number of carboxylic acids is 1. The molecule has 2 rings (SSSR count). The molecule has 1 N–H and O–H groups in total. The van der Waals surface area contributed by atoms with E-state index in [4.69, 9.17) is 5.11 Å². The van der Waals surface area contributed by atoms with Gasteiger partial charge in [-0.3, -0.25) is 9.48 Å². The van der Waals surface area contributed by atoms with Crippen molar-refractivity contribution >= 4 is 27.6 Å². The Balaban J connectivity index is 2.39. The molecule has 1 fully saturated rings. The number of thioether (sulfide) groups is 1. The fourth-order valence-corrected chi connectivity index (χ4v) is 5.24. The van der Waals surface area contributed by atoms with Gasteiger partial charge in [0.1, 0.15) is 5.69 Å². The zero-order valence-electron chi connectivity index (χ0n) is 11.1. The summed E-state index contributed by atoms with van der Waals surface area (Å²) in [6.45, 7) is 1.63. The van der Waals surface area contributed by atoms with Crippen molar-refractivity contribution in [1.29, 1.82) is 0 Å². The topological polar surface area (TPSA) is 89.3 Å². The van der Waals surface area contributed by atoms with Gasteiger partial charge in [0.2, 0.25) is 0 Å². The lowest BCUT2D eigenvalue weighted by Crippen LogP contribution is -2.33. The predicted molar refractivity (Wildman–Crippen MR) is 72.5 cm³/mol. The van der Waals surface area contributed by atoms with Crippen LogP contribution in [0.4, 0.5) is 8.78 Å². The Morgan fingerprint density at radius 2 is 2.29 bits per heavy atom. The standard InChI is InChI=1S/C11H14F2N2O4S2/c1-11(2-3-21(18,19)6-11)15-8(20-5-9(16)17)4-7(14-15)10(12)13/h4,10H,2-3,5-6H2,1H3,(H,16,17). The number of alkyl halides is 2. The van der Waals surface area contributed by atoms with Crippen LogP contribution in [0.3, 0.4) is 0 Å². The van der Waals surface area contributed by atoms with Crippen LogP contribution in [-0.2, 0) is 20.2 Å². The number of carboxylic acid groups (broad SMARTS) is 1. The largest absolute Gasteiger partial charge is 0.481 e. The SMILES string of the molecule is CC1(n2nc(C(F)F)cc2SCC(=O)O)CCS(=O)(=O)C1. The number of aliphatic carboxylic acids is 1. The zero-order valence-corrected chi connectivity index (χ0v) is 12.8. The molecule has 1 aliphatic rings. The molecule has 10 heteroatoms. The minimum atomic E-state index is -3.23. The molecule has 0 radical (unpaired) electrons. The van der Waals surface area contributed by atoms with Crippen molar-refractivity contribution in [3.8, 4) is 0 Å². The minimum absolute atomic E-state index is 0.0313. The summed E-state index contributed by atoms with van der Waals surface area (Å²) in [5.41, 5.74) is -1.40. The molecule has 118 valence electrons. The summed E-state index contributed by atoms with van der Waals surface area (Å²) in [6, 6.07) is 1.12. The first-order chi connectivity index (χ1) is 9.63. The van der Waals surface area contributed by atoms with Crippen molar-refractivity contribution in [3.63, 3.8) is 0 Å². The first kappa shape index (κ1) is 16.2. The second-order valence-corrected chi connectivity index (χ2v) is 8.32. The lowest BCUT2D eigenvalue weighted by atomic mass is 10.0. The Kier molecular flexibility index (Phi) is 4.29. The third-order valence-electron chi connectivity index (χ3n) is 3.26. The number of carbonyl (C=O) groups is 1. The monoisotopic (exact) mass is 340 g/mol. The highest BCUT2D eigenvalue weighted by Gasteiger charge is 2.42. The highest BCUT2D eigenvalue weighted by molar-refractivity contribution is 7.99. The summed E-state index contributed by atoms with van der Waals surface area (Å²) in [7, 11) is -3.23. The Morgan fingerprint density at radius 1 is 1.62 bits per heavy atom. The number of rotatable bonds is 5. The van der Waals surface area contributed by atoms with E-state index in [2.05, 4.69) is 5.10 Å². The van der Waals surface area contributed by atoms with Crippen LogP contribution in [0.5, 0.6) is 0 Å². The third kappa shape index (κ3) is 3.54. The molecule has 1 aromatic rings. The molecule has 0 aliphatic carbocycles. The van der Waals surface area contributed by atoms with Crippen molar-refractivity contribution in [2.75, 3.05) is 17.3 Å². The molecule has 1 aliphatic heterocycles. The molecule has 0 saturated carbocycles. The normalized spacial score (nSPS) is 24.6. The number of halogens is 2. The lowest BCUT2D eigenvalue weighted by Gasteiger charge is -2.25. The number of sulfone groups is 1. The smallest absolute Gasteiger partial charge is 0.313 e. The second-order valence-electron chi connectivity index (χ2n) is 5.14. The molecular formula is C11H14F2N2O4S2. The maximum atomic E-state index is 12.8. The number of aromatic nitrogens is 2. The summed E-state index contributed by atoms with van der Waals surface area (Å²) < 4.78 is 50.1. The van der Waals surface area contributed by atoms with Crippen molar-refractivity contribution < 1.29 is 27.1 Å². The van der Waals surface area contributed by atoms with E-state index >= 15 is 0 Å². The summed E-state index contributed by atoms with van der Waals surface area (Å²) in [6.07, 6.45) is -2.53. The summed E-state index contributed by atoms with van der Waals surface area (Å²) >= 11 is 0.852. The van der Waals surface area contributed by atoms with Gasteiger partial charge in [0.25, 0.3) is 6.43 Å². The fraction of sp³-hybridized carbons (Fsp3) is 0.636. The van der Waals surface area contributed by atoms with Crippen LogP contribution >= 0.6 is 11.8 Å². The first-order valence-electron chi connectivity index (χ1n) is 6.07. The Labute approximate surface area is 124 Å². The molecule has 1 saturated heterocycles. The Morgan fingerprint density at radius 3 is 2.76 bits per heavy atom. The number of hydrogen-bond donors (Lipinski definition) is 1. The molecule has 0 spiro atoms. The third-order valence-corrected chi connectivity index (χ3v) is 6.12. The van der Waals surface area contributed by atoms with E-state index in [1.807, 2.05) is 0 Å². The van der Waals surface area contributed by atoms with Crippen LogP contribution < -0.4 is 0 Å². The molecule has 0 bridgehead atoms. The van der Waals surface area contributed by atoms with Gasteiger partial charge >= 0.3 is 5.97 Å². The van der Waals surface area contributed by atoms with Crippen molar-refractivity contribution in [1.82, 2.24) is 9.78 Å². The molecule has 0 amide bonds. The van der Waals surface area contributed by atoms with Crippen LogP contribution in [-0.4, -0.2) is 46.5 Å². The van der Waals surface area contributed by atoms with Gasteiger partial charge in [0.15, 0.2) is 9.84 Å². The van der Waals surface area contributed by atoms with Gasteiger partial charge in [0, 0.05) is 0 Å². The van der Waals surface area contributed by atoms with Gasteiger partial charge in [-0.25, -0.2) is 17.2 Å². The maximum absolute atomic E-state index is 12.8. The first-order valence-corrected chi connectivity index (χ1v) is 8.87.